The van der Waals surface area contributed by atoms with Crippen LogP contribution in [0.2, 0.25) is 0 Å². The van der Waals surface area contributed by atoms with Gasteiger partial charge in [0.15, 0.2) is 0 Å². The van der Waals surface area contributed by atoms with Crippen LogP contribution in [-0.2, 0) is 16.1 Å². The fourth-order valence-electron chi connectivity index (χ4n) is 4.05. The lowest BCUT2D eigenvalue weighted by Gasteiger charge is -2.30. The van der Waals surface area contributed by atoms with Crippen LogP contribution in [0.3, 0.4) is 0 Å². The number of hydrogen-bond donors (Lipinski definition) is 0. The highest BCUT2D eigenvalue weighted by molar-refractivity contribution is 5.79. The van der Waals surface area contributed by atoms with Crippen molar-refractivity contribution in [1.29, 1.82) is 0 Å². The van der Waals surface area contributed by atoms with Gasteiger partial charge in [-0.25, -0.2) is 4.39 Å². The van der Waals surface area contributed by atoms with Crippen molar-refractivity contribution in [1.82, 2.24) is 9.80 Å². The number of carbonyl (C=O) groups excluding carboxylic acids is 2. The second kappa shape index (κ2) is 7.54. The number of hydrogen-bond acceptors (Lipinski definition) is 2. The Bertz CT molecular complexity index is 646. The maximum atomic E-state index is 13.5. The number of fused-ring (bicyclic) bond motifs is 1. The van der Waals surface area contributed by atoms with Crippen LogP contribution in [0.15, 0.2) is 24.3 Å². The lowest BCUT2D eigenvalue weighted by molar-refractivity contribution is -0.135. The molecule has 2 aliphatic rings. The predicted octanol–water partition coefficient (Wildman–Crippen LogP) is 3.21. The third kappa shape index (κ3) is 4.20. The van der Waals surface area contributed by atoms with Gasteiger partial charge in [0, 0.05) is 32.5 Å². The minimum Gasteiger partial charge on any atom is -0.340 e. The van der Waals surface area contributed by atoms with Crippen LogP contribution in [0.25, 0.3) is 0 Å². The summed E-state index contributed by atoms with van der Waals surface area (Å²) in [5, 5.41) is 0. The first-order valence-corrected chi connectivity index (χ1v) is 9.25. The lowest BCUT2D eigenvalue weighted by Crippen LogP contribution is -2.43. The van der Waals surface area contributed by atoms with Gasteiger partial charge in [-0.15, -0.1) is 0 Å². The molecule has 1 aromatic rings. The standard InChI is InChI=1S/C20H27FN2O2/c1-14(2)9-20(25)22-12-16-6-4-8-19(24)23(18(16)13-22)11-15-5-3-7-17(21)10-15/h3,5,7,10,14,16,18H,4,6,8-9,11-13H2,1-2H3/t16-,18+/m1/s1. The summed E-state index contributed by atoms with van der Waals surface area (Å²) in [5.74, 6) is 0.687. The normalized spacial score (nSPS) is 23.8. The van der Waals surface area contributed by atoms with Crippen LogP contribution in [-0.4, -0.2) is 40.7 Å². The van der Waals surface area contributed by atoms with E-state index >= 15 is 0 Å². The molecule has 0 N–H and O–H groups in total. The first-order valence-electron chi connectivity index (χ1n) is 9.25. The van der Waals surface area contributed by atoms with Crippen molar-refractivity contribution in [3.8, 4) is 0 Å². The highest BCUT2D eigenvalue weighted by Crippen LogP contribution is 2.32. The van der Waals surface area contributed by atoms with Crippen LogP contribution in [0.1, 0.15) is 45.1 Å². The van der Waals surface area contributed by atoms with Gasteiger partial charge in [-0.2, -0.15) is 0 Å². The molecular weight excluding hydrogens is 319 g/mol. The summed E-state index contributed by atoms with van der Waals surface area (Å²) >= 11 is 0. The highest BCUT2D eigenvalue weighted by atomic mass is 19.1. The molecule has 5 heteroatoms. The molecule has 1 aromatic carbocycles. The quantitative estimate of drug-likeness (QED) is 0.840. The van der Waals surface area contributed by atoms with E-state index in [1.807, 2.05) is 29.7 Å². The minimum absolute atomic E-state index is 0.0504. The Morgan fingerprint density at radius 1 is 1.32 bits per heavy atom. The fourth-order valence-corrected chi connectivity index (χ4v) is 4.05. The van der Waals surface area contributed by atoms with Gasteiger partial charge in [-0.3, -0.25) is 9.59 Å². The maximum absolute atomic E-state index is 13.5. The Morgan fingerprint density at radius 2 is 2.12 bits per heavy atom. The molecule has 2 aliphatic heterocycles. The molecule has 0 saturated carbocycles. The Kier molecular flexibility index (Phi) is 5.40. The van der Waals surface area contributed by atoms with Crippen molar-refractivity contribution in [3.05, 3.63) is 35.6 Å². The van der Waals surface area contributed by atoms with Crippen LogP contribution >= 0.6 is 0 Å². The molecule has 2 fully saturated rings. The van der Waals surface area contributed by atoms with E-state index in [2.05, 4.69) is 0 Å². The van der Waals surface area contributed by atoms with Crippen molar-refractivity contribution in [2.75, 3.05) is 13.1 Å². The van der Waals surface area contributed by atoms with Crippen LogP contribution in [0, 0.1) is 17.7 Å². The number of benzene rings is 1. The number of carbonyl (C=O) groups is 2. The molecule has 136 valence electrons. The topological polar surface area (TPSA) is 40.6 Å². The molecule has 2 amide bonds. The zero-order chi connectivity index (χ0) is 18.0. The first kappa shape index (κ1) is 17.9. The van der Waals surface area contributed by atoms with Gasteiger partial charge in [0.25, 0.3) is 0 Å². The predicted molar refractivity (Wildman–Crippen MR) is 94.1 cm³/mol. The Balaban J connectivity index is 1.76. The van der Waals surface area contributed by atoms with Crippen molar-refractivity contribution in [2.45, 2.75) is 52.1 Å². The van der Waals surface area contributed by atoms with Crippen LogP contribution in [0.5, 0.6) is 0 Å². The zero-order valence-electron chi connectivity index (χ0n) is 15.1. The highest BCUT2D eigenvalue weighted by Gasteiger charge is 2.41. The van der Waals surface area contributed by atoms with Crippen LogP contribution in [0.4, 0.5) is 4.39 Å². The number of nitrogens with zero attached hydrogens (tertiary/aromatic N) is 2. The third-order valence-corrected chi connectivity index (χ3v) is 5.27. The molecule has 2 heterocycles. The smallest absolute Gasteiger partial charge is 0.223 e. The van der Waals surface area contributed by atoms with E-state index in [9.17, 15) is 14.0 Å². The number of likely N-dealkylation sites (tertiary alicyclic amines) is 2. The summed E-state index contributed by atoms with van der Waals surface area (Å²) in [6.07, 6.45) is 2.94. The molecule has 0 aromatic heterocycles. The van der Waals surface area contributed by atoms with Gasteiger partial charge in [0.05, 0.1) is 6.04 Å². The average Bonchev–Trinajstić information content (AvgIpc) is 2.90. The number of halogens is 1. The maximum Gasteiger partial charge on any atom is 0.223 e. The number of amides is 2. The molecule has 2 atom stereocenters. The van der Waals surface area contributed by atoms with Gasteiger partial charge in [-0.1, -0.05) is 26.0 Å². The Morgan fingerprint density at radius 3 is 2.84 bits per heavy atom. The van der Waals surface area contributed by atoms with Gasteiger partial charge in [-0.05, 0) is 42.4 Å². The fraction of sp³-hybridized carbons (Fsp3) is 0.600. The summed E-state index contributed by atoms with van der Waals surface area (Å²) in [5.41, 5.74) is 0.806. The van der Waals surface area contributed by atoms with E-state index in [0.29, 0.717) is 37.8 Å². The van der Waals surface area contributed by atoms with E-state index < -0.39 is 0 Å². The van der Waals surface area contributed by atoms with E-state index in [0.717, 1.165) is 24.9 Å². The molecule has 0 radical (unpaired) electrons. The van der Waals surface area contributed by atoms with E-state index in [4.69, 9.17) is 0 Å². The summed E-state index contributed by atoms with van der Waals surface area (Å²) in [4.78, 5) is 28.9. The van der Waals surface area contributed by atoms with Gasteiger partial charge < -0.3 is 9.80 Å². The van der Waals surface area contributed by atoms with E-state index in [1.165, 1.54) is 12.1 Å². The molecule has 0 aliphatic carbocycles. The molecule has 4 nitrogen and oxygen atoms in total. The largest absolute Gasteiger partial charge is 0.340 e. The van der Waals surface area contributed by atoms with E-state index in [-0.39, 0.29) is 23.7 Å². The van der Waals surface area contributed by atoms with Crippen molar-refractivity contribution < 1.29 is 14.0 Å². The Labute approximate surface area is 149 Å². The lowest BCUT2D eigenvalue weighted by atomic mass is 9.98. The molecule has 0 bridgehead atoms. The minimum atomic E-state index is -0.281. The third-order valence-electron chi connectivity index (χ3n) is 5.27. The average molecular weight is 346 g/mol. The molecule has 0 unspecified atom stereocenters. The molecule has 3 rings (SSSR count). The van der Waals surface area contributed by atoms with Gasteiger partial charge >= 0.3 is 0 Å². The second-order valence-electron chi connectivity index (χ2n) is 7.77. The van der Waals surface area contributed by atoms with Crippen molar-refractivity contribution >= 4 is 11.8 Å². The summed E-state index contributed by atoms with van der Waals surface area (Å²) in [7, 11) is 0. The summed E-state index contributed by atoms with van der Waals surface area (Å²) in [6, 6.07) is 6.49. The Hall–Kier alpha value is -1.91. The first-order chi connectivity index (χ1) is 11.9. The molecular formula is C20H27FN2O2. The molecule has 25 heavy (non-hydrogen) atoms. The second-order valence-corrected chi connectivity index (χ2v) is 7.77. The monoisotopic (exact) mass is 346 g/mol. The molecule has 2 saturated heterocycles. The molecule has 0 spiro atoms. The summed E-state index contributed by atoms with van der Waals surface area (Å²) in [6.45, 7) is 5.86. The van der Waals surface area contributed by atoms with Crippen molar-refractivity contribution in [2.24, 2.45) is 11.8 Å². The number of rotatable bonds is 4. The van der Waals surface area contributed by atoms with Crippen LogP contribution < -0.4 is 0 Å². The SMILES string of the molecule is CC(C)CC(=O)N1C[C@H]2CCCC(=O)N(Cc3cccc(F)c3)[C@H]2C1. The van der Waals surface area contributed by atoms with Crippen molar-refractivity contribution in [3.63, 3.8) is 0 Å². The van der Waals surface area contributed by atoms with E-state index in [1.54, 1.807) is 6.07 Å². The van der Waals surface area contributed by atoms with Gasteiger partial charge in [0.1, 0.15) is 5.82 Å². The zero-order valence-corrected chi connectivity index (χ0v) is 15.1. The summed E-state index contributed by atoms with van der Waals surface area (Å²) < 4.78 is 13.5. The van der Waals surface area contributed by atoms with Gasteiger partial charge in [0.2, 0.25) is 11.8 Å².